The molecule has 1 saturated heterocycles. The normalized spacial score (nSPS) is 21.9. The molecule has 3 atom stereocenters. The van der Waals surface area contributed by atoms with E-state index in [4.69, 9.17) is 14.2 Å². The van der Waals surface area contributed by atoms with E-state index in [0.29, 0.717) is 24.3 Å². The summed E-state index contributed by atoms with van der Waals surface area (Å²) in [4.78, 5) is 39.0. The van der Waals surface area contributed by atoms with Crippen molar-refractivity contribution in [2.45, 2.75) is 43.7 Å². The lowest BCUT2D eigenvalue weighted by Crippen LogP contribution is -2.53. The molecule has 8 nitrogen and oxygen atoms in total. The number of nitrogens with one attached hydrogen (secondary N) is 1. The molecule has 1 fully saturated rings. The third-order valence-corrected chi connectivity index (χ3v) is 6.37. The Balaban J connectivity index is 1.49. The predicted molar refractivity (Wildman–Crippen MR) is 122 cm³/mol. The first-order valence-electron chi connectivity index (χ1n) is 11.3. The molecule has 0 bridgehead atoms. The lowest BCUT2D eigenvalue weighted by atomic mass is 9.94. The third kappa shape index (κ3) is 5.46. The van der Waals surface area contributed by atoms with Crippen LogP contribution >= 0.6 is 0 Å². The van der Waals surface area contributed by atoms with E-state index in [1.165, 1.54) is 19.2 Å². The molecule has 2 aromatic rings. The van der Waals surface area contributed by atoms with Crippen LogP contribution in [0.1, 0.15) is 45.5 Å². The second-order valence-electron chi connectivity index (χ2n) is 8.69. The molecule has 2 aromatic carbocycles. The Morgan fingerprint density at radius 3 is 2.53 bits per heavy atom. The van der Waals surface area contributed by atoms with Crippen LogP contribution in [0.4, 0.5) is 18.9 Å². The minimum Gasteiger partial charge on any atom is -0.490 e. The molecule has 192 valence electrons. The molecule has 0 aliphatic carbocycles. The number of esters is 1. The summed E-state index contributed by atoms with van der Waals surface area (Å²) in [6.07, 6.45) is -3.96. The van der Waals surface area contributed by atoms with Crippen molar-refractivity contribution in [3.63, 3.8) is 0 Å². The minimum atomic E-state index is -4.50. The van der Waals surface area contributed by atoms with Gasteiger partial charge in [0.1, 0.15) is 18.5 Å². The van der Waals surface area contributed by atoms with Crippen molar-refractivity contribution >= 4 is 23.5 Å². The Morgan fingerprint density at radius 2 is 1.86 bits per heavy atom. The number of likely N-dealkylation sites (N-methyl/N-ethyl adjacent to an activating group) is 1. The highest BCUT2D eigenvalue weighted by molar-refractivity contribution is 6.05. The van der Waals surface area contributed by atoms with Crippen LogP contribution in [0.25, 0.3) is 0 Å². The number of carbonyl (C=O) groups excluding carboxylic acids is 3. The summed E-state index contributed by atoms with van der Waals surface area (Å²) >= 11 is 0. The Labute approximate surface area is 205 Å². The smallest absolute Gasteiger partial charge is 0.416 e. The number of nitrogens with zero attached hydrogens (tertiary/aromatic N) is 1. The van der Waals surface area contributed by atoms with Gasteiger partial charge in [0.25, 0.3) is 11.8 Å². The molecule has 11 heteroatoms. The van der Waals surface area contributed by atoms with Crippen LogP contribution in [-0.2, 0) is 20.4 Å². The quantitative estimate of drug-likeness (QED) is 0.633. The standard InChI is InChI=1S/C25H25F3N2O6/c1-30-19-9-8-17(12-22(31)34-2)36-21(19)13-35-20-10-7-16(11-18(20)24(30)33)29-23(32)14-3-5-15(6-4-14)25(26,27)28/h3-7,10-11,17,19,21H,8-9,12-13H2,1-2H3,(H,29,32)/t17-,19+,21+/m1/s1. The summed E-state index contributed by atoms with van der Waals surface area (Å²) in [6, 6.07) is 8.12. The van der Waals surface area contributed by atoms with Crippen LogP contribution in [0.15, 0.2) is 42.5 Å². The number of anilines is 1. The molecule has 2 heterocycles. The van der Waals surface area contributed by atoms with Crippen molar-refractivity contribution in [1.82, 2.24) is 4.90 Å². The van der Waals surface area contributed by atoms with Gasteiger partial charge in [-0.3, -0.25) is 14.4 Å². The Morgan fingerprint density at radius 1 is 1.14 bits per heavy atom. The van der Waals surface area contributed by atoms with Crippen LogP contribution in [0, 0.1) is 0 Å². The average Bonchev–Trinajstić information content (AvgIpc) is 2.86. The number of amides is 2. The van der Waals surface area contributed by atoms with Gasteiger partial charge in [-0.2, -0.15) is 13.2 Å². The van der Waals surface area contributed by atoms with Crippen molar-refractivity contribution in [2.24, 2.45) is 0 Å². The van der Waals surface area contributed by atoms with Crippen molar-refractivity contribution in [3.05, 3.63) is 59.2 Å². The summed E-state index contributed by atoms with van der Waals surface area (Å²) < 4.78 is 54.9. The average molecular weight is 506 g/mol. The van der Waals surface area contributed by atoms with Crippen molar-refractivity contribution in [2.75, 3.05) is 26.1 Å². The van der Waals surface area contributed by atoms with E-state index < -0.39 is 23.8 Å². The van der Waals surface area contributed by atoms with Gasteiger partial charge in [-0.05, 0) is 55.3 Å². The van der Waals surface area contributed by atoms with Gasteiger partial charge in [-0.25, -0.2) is 0 Å². The molecule has 0 spiro atoms. The van der Waals surface area contributed by atoms with E-state index in [0.717, 1.165) is 24.3 Å². The van der Waals surface area contributed by atoms with Gasteiger partial charge in [-0.15, -0.1) is 0 Å². The van der Waals surface area contributed by atoms with Crippen molar-refractivity contribution in [3.8, 4) is 5.75 Å². The van der Waals surface area contributed by atoms with Crippen LogP contribution < -0.4 is 10.1 Å². The zero-order chi connectivity index (χ0) is 26.0. The summed E-state index contributed by atoms with van der Waals surface area (Å²) in [5.41, 5.74) is -0.289. The molecule has 0 radical (unpaired) electrons. The van der Waals surface area contributed by atoms with E-state index in [1.54, 1.807) is 18.0 Å². The van der Waals surface area contributed by atoms with Crippen LogP contribution in [0.3, 0.4) is 0 Å². The first kappa shape index (κ1) is 25.5. The molecule has 2 aliphatic heterocycles. The molecule has 0 unspecified atom stereocenters. The number of hydrogen-bond acceptors (Lipinski definition) is 6. The maximum Gasteiger partial charge on any atom is 0.416 e. The monoisotopic (exact) mass is 506 g/mol. The largest absolute Gasteiger partial charge is 0.490 e. The highest BCUT2D eigenvalue weighted by Crippen LogP contribution is 2.33. The van der Waals surface area contributed by atoms with E-state index in [2.05, 4.69) is 5.32 Å². The fourth-order valence-corrected chi connectivity index (χ4v) is 4.39. The molecule has 0 saturated carbocycles. The lowest BCUT2D eigenvalue weighted by Gasteiger charge is -2.42. The zero-order valence-corrected chi connectivity index (χ0v) is 19.6. The summed E-state index contributed by atoms with van der Waals surface area (Å²) in [5.74, 6) is -1.02. The lowest BCUT2D eigenvalue weighted by molar-refractivity contribution is -0.151. The molecule has 1 N–H and O–H groups in total. The SMILES string of the molecule is COC(=O)C[C@H]1CC[C@H]2[C@H](COc3ccc(NC(=O)c4ccc(C(F)(F)F)cc4)cc3C(=O)N2C)O1. The van der Waals surface area contributed by atoms with Gasteiger partial charge in [0.15, 0.2) is 0 Å². The molecule has 2 aliphatic rings. The van der Waals surface area contributed by atoms with E-state index in [-0.39, 0.29) is 48.2 Å². The highest BCUT2D eigenvalue weighted by Gasteiger charge is 2.39. The predicted octanol–water partition coefficient (Wildman–Crippen LogP) is 3.90. The molecule has 36 heavy (non-hydrogen) atoms. The number of halogens is 3. The number of alkyl halides is 3. The van der Waals surface area contributed by atoms with Gasteiger partial charge in [-0.1, -0.05) is 0 Å². The van der Waals surface area contributed by atoms with Gasteiger partial charge >= 0.3 is 12.1 Å². The zero-order valence-electron chi connectivity index (χ0n) is 19.6. The fraction of sp³-hybridized carbons (Fsp3) is 0.400. The molecular formula is C25H25F3N2O6. The molecule has 4 rings (SSSR count). The minimum absolute atomic E-state index is 0.0399. The molecular weight excluding hydrogens is 481 g/mol. The summed E-state index contributed by atoms with van der Waals surface area (Å²) in [6.45, 7) is 0.157. The number of hydrogen-bond donors (Lipinski definition) is 1. The first-order valence-corrected chi connectivity index (χ1v) is 11.3. The summed E-state index contributed by atoms with van der Waals surface area (Å²) in [7, 11) is 2.98. The summed E-state index contributed by atoms with van der Waals surface area (Å²) in [5, 5.41) is 2.61. The molecule has 0 aromatic heterocycles. The van der Waals surface area contributed by atoms with E-state index in [9.17, 15) is 27.6 Å². The Hall–Kier alpha value is -3.60. The maximum atomic E-state index is 13.3. The van der Waals surface area contributed by atoms with E-state index >= 15 is 0 Å². The van der Waals surface area contributed by atoms with E-state index in [1.807, 2.05) is 0 Å². The number of ether oxygens (including phenoxy) is 3. The third-order valence-electron chi connectivity index (χ3n) is 6.37. The van der Waals surface area contributed by atoms with Crippen molar-refractivity contribution in [1.29, 1.82) is 0 Å². The number of fused-ring (bicyclic) bond motifs is 2. The second kappa shape index (κ2) is 10.2. The van der Waals surface area contributed by atoms with Gasteiger partial charge < -0.3 is 24.4 Å². The van der Waals surface area contributed by atoms with Gasteiger partial charge in [0.05, 0.1) is 36.8 Å². The van der Waals surface area contributed by atoms with Crippen LogP contribution in [0.5, 0.6) is 5.75 Å². The molecule has 2 amide bonds. The highest BCUT2D eigenvalue weighted by atomic mass is 19.4. The topological polar surface area (TPSA) is 94.2 Å². The van der Waals surface area contributed by atoms with Gasteiger partial charge in [0, 0.05) is 18.3 Å². The number of rotatable bonds is 4. The Kier molecular flexibility index (Phi) is 7.21. The van der Waals surface area contributed by atoms with Gasteiger partial charge in [0.2, 0.25) is 0 Å². The number of benzene rings is 2. The number of carbonyl (C=O) groups is 3. The number of methoxy groups -OCH3 is 1. The Bertz CT molecular complexity index is 1150. The van der Waals surface area contributed by atoms with Crippen LogP contribution in [-0.4, -0.2) is 61.7 Å². The fourth-order valence-electron chi connectivity index (χ4n) is 4.39. The van der Waals surface area contributed by atoms with Crippen LogP contribution in [0.2, 0.25) is 0 Å². The van der Waals surface area contributed by atoms with Crippen molar-refractivity contribution < 1.29 is 41.8 Å². The maximum absolute atomic E-state index is 13.3. The second-order valence-corrected chi connectivity index (χ2v) is 8.69. The first-order chi connectivity index (χ1) is 17.1.